The van der Waals surface area contributed by atoms with Crippen molar-refractivity contribution in [3.8, 4) is 0 Å². The second kappa shape index (κ2) is 5.78. The van der Waals surface area contributed by atoms with Gasteiger partial charge >= 0.3 is 0 Å². The highest BCUT2D eigenvalue weighted by Gasteiger charge is 2.32. The molecular formula is C17H24N2O2. The van der Waals surface area contributed by atoms with E-state index in [1.165, 1.54) is 11.1 Å². The Kier molecular flexibility index (Phi) is 4.00. The Bertz CT molecular complexity index is 527. The fourth-order valence-corrected chi connectivity index (χ4v) is 3.39. The maximum atomic E-state index is 12.6. The third kappa shape index (κ3) is 3.27. The molecule has 3 rings (SSSR count). The molecule has 0 bridgehead atoms. The van der Waals surface area contributed by atoms with Crippen molar-refractivity contribution in [3.63, 3.8) is 0 Å². The summed E-state index contributed by atoms with van der Waals surface area (Å²) in [6, 6.07) is 8.44. The Labute approximate surface area is 126 Å². The second-order valence-corrected chi connectivity index (χ2v) is 6.69. The lowest BCUT2D eigenvalue weighted by Gasteiger charge is -2.36. The molecule has 1 amide bonds. The number of benzene rings is 1. The molecule has 2 unspecified atom stereocenters. The van der Waals surface area contributed by atoms with Crippen molar-refractivity contribution >= 4 is 5.91 Å². The molecule has 114 valence electrons. The van der Waals surface area contributed by atoms with Gasteiger partial charge in [0.05, 0.1) is 11.5 Å². The third-order valence-corrected chi connectivity index (χ3v) is 4.45. The quantitative estimate of drug-likeness (QED) is 0.874. The average molecular weight is 288 g/mol. The third-order valence-electron chi connectivity index (χ3n) is 4.45. The minimum atomic E-state index is -0.140. The van der Waals surface area contributed by atoms with Gasteiger partial charge in [-0.1, -0.05) is 24.3 Å². The molecule has 1 aromatic rings. The van der Waals surface area contributed by atoms with Crippen LogP contribution in [-0.4, -0.2) is 30.7 Å². The molecule has 2 heterocycles. The minimum absolute atomic E-state index is 0.0825. The van der Waals surface area contributed by atoms with Gasteiger partial charge in [-0.15, -0.1) is 0 Å². The maximum Gasteiger partial charge on any atom is 0.229 e. The maximum absolute atomic E-state index is 12.6. The number of hydrogen-bond donors (Lipinski definition) is 2. The number of carbonyl (C=O) groups is 1. The van der Waals surface area contributed by atoms with Gasteiger partial charge in [-0.25, -0.2) is 0 Å². The van der Waals surface area contributed by atoms with E-state index in [1.54, 1.807) is 0 Å². The van der Waals surface area contributed by atoms with E-state index in [0.717, 1.165) is 32.5 Å². The van der Waals surface area contributed by atoms with E-state index < -0.39 is 0 Å². The zero-order valence-corrected chi connectivity index (χ0v) is 12.8. The van der Waals surface area contributed by atoms with Crippen LogP contribution in [0.1, 0.15) is 43.7 Å². The average Bonchev–Trinajstić information content (AvgIpc) is 2.45. The molecule has 21 heavy (non-hydrogen) atoms. The first kappa shape index (κ1) is 14.5. The SMILES string of the molecule is CC1(C)CC(NC(=O)C2CNCc3ccccc32)CCO1. The van der Waals surface area contributed by atoms with Crippen LogP contribution in [-0.2, 0) is 16.1 Å². The Hall–Kier alpha value is -1.39. The summed E-state index contributed by atoms with van der Waals surface area (Å²) in [5.41, 5.74) is 2.26. The summed E-state index contributed by atoms with van der Waals surface area (Å²) in [5, 5.41) is 6.57. The summed E-state index contributed by atoms with van der Waals surface area (Å²) < 4.78 is 5.72. The Morgan fingerprint density at radius 2 is 2.19 bits per heavy atom. The molecule has 0 aliphatic carbocycles. The van der Waals surface area contributed by atoms with Gasteiger partial charge in [-0.2, -0.15) is 0 Å². The predicted octanol–water partition coefficient (Wildman–Crippen LogP) is 1.95. The highest BCUT2D eigenvalue weighted by atomic mass is 16.5. The molecule has 1 aromatic carbocycles. The van der Waals surface area contributed by atoms with Crippen LogP contribution in [0, 0.1) is 0 Å². The lowest BCUT2D eigenvalue weighted by atomic mass is 9.89. The van der Waals surface area contributed by atoms with Gasteiger partial charge in [-0.05, 0) is 37.8 Å². The van der Waals surface area contributed by atoms with Crippen molar-refractivity contribution < 1.29 is 9.53 Å². The number of rotatable bonds is 2. The normalized spacial score (nSPS) is 27.7. The van der Waals surface area contributed by atoms with E-state index in [-0.39, 0.29) is 23.5 Å². The summed E-state index contributed by atoms with van der Waals surface area (Å²) in [6.45, 7) is 6.46. The van der Waals surface area contributed by atoms with E-state index >= 15 is 0 Å². The van der Waals surface area contributed by atoms with Crippen LogP contribution in [0.15, 0.2) is 24.3 Å². The number of fused-ring (bicyclic) bond motifs is 1. The number of amides is 1. The summed E-state index contributed by atoms with van der Waals surface area (Å²) in [4.78, 5) is 12.6. The largest absolute Gasteiger partial charge is 0.375 e. The predicted molar refractivity (Wildman–Crippen MR) is 82.1 cm³/mol. The number of nitrogens with one attached hydrogen (secondary N) is 2. The summed E-state index contributed by atoms with van der Waals surface area (Å²) >= 11 is 0. The van der Waals surface area contributed by atoms with Crippen LogP contribution < -0.4 is 10.6 Å². The first-order valence-corrected chi connectivity index (χ1v) is 7.78. The van der Waals surface area contributed by atoms with Crippen LogP contribution in [0.4, 0.5) is 0 Å². The molecule has 1 fully saturated rings. The summed E-state index contributed by atoms with van der Waals surface area (Å²) in [6.07, 6.45) is 1.78. The number of hydrogen-bond acceptors (Lipinski definition) is 3. The zero-order chi connectivity index (χ0) is 14.9. The Morgan fingerprint density at radius 3 is 3.00 bits per heavy atom. The van der Waals surface area contributed by atoms with Crippen LogP contribution in [0.5, 0.6) is 0 Å². The van der Waals surface area contributed by atoms with E-state index in [4.69, 9.17) is 4.74 Å². The molecular weight excluding hydrogens is 264 g/mol. The van der Waals surface area contributed by atoms with Gasteiger partial charge in [0.1, 0.15) is 0 Å². The molecule has 2 aliphatic heterocycles. The number of ether oxygens (including phenoxy) is 1. The second-order valence-electron chi connectivity index (χ2n) is 6.69. The van der Waals surface area contributed by atoms with Gasteiger partial charge in [0, 0.05) is 25.7 Å². The van der Waals surface area contributed by atoms with E-state index in [9.17, 15) is 4.79 Å². The van der Waals surface area contributed by atoms with Crippen molar-refractivity contribution in [2.45, 2.75) is 50.8 Å². The van der Waals surface area contributed by atoms with Gasteiger partial charge < -0.3 is 15.4 Å². The Balaban J connectivity index is 1.69. The van der Waals surface area contributed by atoms with Crippen LogP contribution >= 0.6 is 0 Å². The fraction of sp³-hybridized carbons (Fsp3) is 0.588. The molecule has 1 saturated heterocycles. The summed E-state index contributed by atoms with van der Waals surface area (Å²) in [7, 11) is 0. The minimum Gasteiger partial charge on any atom is -0.375 e. The van der Waals surface area contributed by atoms with Gasteiger partial charge in [0.2, 0.25) is 5.91 Å². The first-order chi connectivity index (χ1) is 10.1. The Morgan fingerprint density at radius 1 is 1.38 bits per heavy atom. The van der Waals surface area contributed by atoms with Crippen LogP contribution in [0.25, 0.3) is 0 Å². The van der Waals surface area contributed by atoms with Gasteiger partial charge in [0.25, 0.3) is 0 Å². The molecule has 2 atom stereocenters. The van der Waals surface area contributed by atoms with Crippen molar-refractivity contribution in [3.05, 3.63) is 35.4 Å². The molecule has 0 radical (unpaired) electrons. The van der Waals surface area contributed by atoms with Gasteiger partial charge in [-0.3, -0.25) is 4.79 Å². The topological polar surface area (TPSA) is 50.4 Å². The molecule has 2 aliphatic rings. The fourth-order valence-electron chi connectivity index (χ4n) is 3.39. The van der Waals surface area contributed by atoms with Crippen LogP contribution in [0.3, 0.4) is 0 Å². The number of carbonyl (C=O) groups excluding carboxylic acids is 1. The highest BCUT2D eigenvalue weighted by Crippen LogP contribution is 2.27. The standard InChI is InChI=1S/C17H24N2O2/c1-17(2)9-13(7-8-21-17)19-16(20)15-11-18-10-12-5-3-4-6-14(12)15/h3-6,13,15,18H,7-11H2,1-2H3,(H,19,20). The van der Waals surface area contributed by atoms with E-state index in [0.29, 0.717) is 0 Å². The first-order valence-electron chi connectivity index (χ1n) is 7.78. The van der Waals surface area contributed by atoms with Crippen molar-refractivity contribution in [1.29, 1.82) is 0 Å². The van der Waals surface area contributed by atoms with E-state index in [1.807, 2.05) is 12.1 Å². The molecule has 0 spiro atoms. The van der Waals surface area contributed by atoms with Crippen LogP contribution in [0.2, 0.25) is 0 Å². The molecule has 0 aromatic heterocycles. The lowest BCUT2D eigenvalue weighted by molar-refractivity contribution is -0.125. The van der Waals surface area contributed by atoms with E-state index in [2.05, 4.69) is 36.6 Å². The molecule has 4 heteroatoms. The highest BCUT2D eigenvalue weighted by molar-refractivity contribution is 5.85. The van der Waals surface area contributed by atoms with Crippen molar-refractivity contribution in [2.75, 3.05) is 13.2 Å². The lowest BCUT2D eigenvalue weighted by Crippen LogP contribution is -2.48. The van der Waals surface area contributed by atoms with Crippen molar-refractivity contribution in [1.82, 2.24) is 10.6 Å². The molecule has 0 saturated carbocycles. The molecule has 2 N–H and O–H groups in total. The monoisotopic (exact) mass is 288 g/mol. The molecule has 4 nitrogen and oxygen atoms in total. The van der Waals surface area contributed by atoms with Crippen molar-refractivity contribution in [2.24, 2.45) is 0 Å². The zero-order valence-electron chi connectivity index (χ0n) is 12.8. The summed E-state index contributed by atoms with van der Waals surface area (Å²) in [5.74, 6) is 0.0539. The smallest absolute Gasteiger partial charge is 0.229 e. The van der Waals surface area contributed by atoms with Gasteiger partial charge in [0.15, 0.2) is 0 Å².